The number of likely N-dealkylation sites (tertiary alicyclic amines) is 1. The molecule has 2 fully saturated rings. The zero-order valence-electron chi connectivity index (χ0n) is 15.5. The molecule has 2 aliphatic rings. The molecule has 1 saturated carbocycles. The number of nitrogens with zero attached hydrogens (tertiary/aromatic N) is 2. The predicted octanol–water partition coefficient (Wildman–Crippen LogP) is 3.14. The van der Waals surface area contributed by atoms with Crippen LogP contribution in [0.15, 0.2) is 5.38 Å². The lowest BCUT2D eigenvalue weighted by molar-refractivity contribution is -0.127. The van der Waals surface area contributed by atoms with E-state index < -0.39 is 0 Å². The summed E-state index contributed by atoms with van der Waals surface area (Å²) in [6.45, 7) is 5.62. The van der Waals surface area contributed by atoms with E-state index in [-0.39, 0.29) is 36.6 Å². The number of rotatable bonds is 5. The van der Waals surface area contributed by atoms with Crippen LogP contribution in [0.5, 0.6) is 0 Å². The average molecular weight is 423 g/mol. The van der Waals surface area contributed by atoms with Gasteiger partial charge >= 0.3 is 0 Å². The summed E-state index contributed by atoms with van der Waals surface area (Å²) in [4.78, 5) is 19.6. The molecule has 2 heterocycles. The molecule has 1 aliphatic heterocycles. The lowest BCUT2D eigenvalue weighted by atomic mass is 9.84. The van der Waals surface area contributed by atoms with Crippen LogP contribution in [-0.4, -0.2) is 41.5 Å². The first-order valence-corrected chi connectivity index (χ1v) is 10.2. The van der Waals surface area contributed by atoms with Crippen molar-refractivity contribution in [2.45, 2.75) is 58.0 Å². The Balaban J connectivity index is 0.00000169. The smallest absolute Gasteiger partial charge is 0.223 e. The molecule has 1 aromatic heterocycles. The van der Waals surface area contributed by atoms with Crippen LogP contribution in [0.1, 0.15) is 49.2 Å². The van der Waals surface area contributed by atoms with Gasteiger partial charge in [-0.05, 0) is 58.2 Å². The van der Waals surface area contributed by atoms with E-state index in [0.717, 1.165) is 56.0 Å². The van der Waals surface area contributed by atoms with Crippen molar-refractivity contribution in [3.05, 3.63) is 16.1 Å². The second-order valence-corrected chi connectivity index (χ2v) is 8.37. The van der Waals surface area contributed by atoms with E-state index in [1.165, 1.54) is 12.8 Å². The third kappa shape index (κ3) is 6.34. The fraction of sp³-hybridized carbons (Fsp3) is 0.778. The van der Waals surface area contributed by atoms with Gasteiger partial charge in [-0.25, -0.2) is 4.98 Å². The third-order valence-electron chi connectivity index (χ3n) is 5.55. The highest BCUT2D eigenvalue weighted by atomic mass is 35.5. The van der Waals surface area contributed by atoms with Crippen LogP contribution in [0.4, 0.5) is 0 Å². The predicted molar refractivity (Wildman–Crippen MR) is 112 cm³/mol. The Morgan fingerprint density at radius 2 is 1.96 bits per heavy atom. The normalized spacial score (nSPS) is 24.4. The monoisotopic (exact) mass is 422 g/mol. The number of aryl methyl sites for hydroxylation is 1. The highest BCUT2D eigenvalue weighted by Crippen LogP contribution is 2.25. The molecule has 0 aromatic carbocycles. The standard InChI is InChI=1S/C18H30N4OS.2ClH/c1-13-20-16(12-24-13)11-22-8-6-14(7-9-22)18(23)21-17-5-3-2-4-15(17)10-19;;/h12,14-15,17H,2-11,19H2,1H3,(H,21,23);2*1H. The molecule has 1 aliphatic carbocycles. The Morgan fingerprint density at radius 3 is 2.58 bits per heavy atom. The maximum Gasteiger partial charge on any atom is 0.223 e. The van der Waals surface area contributed by atoms with Gasteiger partial charge in [0.25, 0.3) is 0 Å². The van der Waals surface area contributed by atoms with Crippen molar-refractivity contribution in [3.63, 3.8) is 0 Å². The number of aromatic nitrogens is 1. The fourth-order valence-corrected chi connectivity index (χ4v) is 4.65. The van der Waals surface area contributed by atoms with Gasteiger partial charge in [0.2, 0.25) is 5.91 Å². The molecule has 0 radical (unpaired) electrons. The van der Waals surface area contributed by atoms with Crippen LogP contribution in [0, 0.1) is 18.8 Å². The molecular weight excluding hydrogens is 391 g/mol. The summed E-state index contributed by atoms with van der Waals surface area (Å²) in [5, 5.41) is 6.58. The second kappa shape index (κ2) is 11.4. The Bertz CT molecular complexity index is 549. The van der Waals surface area contributed by atoms with Crippen molar-refractivity contribution >= 4 is 42.1 Å². The van der Waals surface area contributed by atoms with Crippen LogP contribution in [0.2, 0.25) is 0 Å². The van der Waals surface area contributed by atoms with Crippen molar-refractivity contribution in [1.82, 2.24) is 15.2 Å². The zero-order chi connectivity index (χ0) is 16.9. The van der Waals surface area contributed by atoms with E-state index >= 15 is 0 Å². The highest BCUT2D eigenvalue weighted by Gasteiger charge is 2.30. The molecule has 5 nitrogen and oxygen atoms in total. The van der Waals surface area contributed by atoms with Gasteiger partial charge in [0.05, 0.1) is 10.7 Å². The van der Waals surface area contributed by atoms with Crippen molar-refractivity contribution in [3.8, 4) is 0 Å². The van der Waals surface area contributed by atoms with Crippen molar-refractivity contribution < 1.29 is 4.79 Å². The number of thiazole rings is 1. The van der Waals surface area contributed by atoms with E-state index in [4.69, 9.17) is 5.73 Å². The average Bonchev–Trinajstić information content (AvgIpc) is 3.01. The summed E-state index contributed by atoms with van der Waals surface area (Å²) in [5.74, 6) is 0.888. The van der Waals surface area contributed by atoms with Crippen molar-refractivity contribution in [2.75, 3.05) is 19.6 Å². The number of nitrogens with two attached hydrogens (primary N) is 1. The van der Waals surface area contributed by atoms with Crippen LogP contribution >= 0.6 is 36.2 Å². The largest absolute Gasteiger partial charge is 0.353 e. The Kier molecular flexibility index (Phi) is 10.4. The van der Waals surface area contributed by atoms with Crippen LogP contribution in [-0.2, 0) is 11.3 Å². The molecule has 0 spiro atoms. The van der Waals surface area contributed by atoms with Crippen molar-refractivity contribution in [1.29, 1.82) is 0 Å². The number of nitrogens with one attached hydrogen (secondary N) is 1. The maximum absolute atomic E-state index is 12.6. The first-order chi connectivity index (χ1) is 11.7. The molecule has 8 heteroatoms. The Morgan fingerprint density at radius 1 is 1.27 bits per heavy atom. The Labute approximate surface area is 173 Å². The quantitative estimate of drug-likeness (QED) is 0.764. The highest BCUT2D eigenvalue weighted by molar-refractivity contribution is 7.09. The minimum atomic E-state index is 0. The minimum absolute atomic E-state index is 0. The summed E-state index contributed by atoms with van der Waals surface area (Å²) in [5.41, 5.74) is 7.04. The summed E-state index contributed by atoms with van der Waals surface area (Å²) in [7, 11) is 0. The van der Waals surface area contributed by atoms with E-state index in [2.05, 4.69) is 20.6 Å². The number of amides is 1. The first-order valence-electron chi connectivity index (χ1n) is 9.29. The number of hydrogen-bond donors (Lipinski definition) is 2. The van der Waals surface area contributed by atoms with Gasteiger partial charge in [0.1, 0.15) is 0 Å². The summed E-state index contributed by atoms with van der Waals surface area (Å²) in [6, 6.07) is 0.298. The molecule has 1 amide bonds. The minimum Gasteiger partial charge on any atom is -0.353 e. The van der Waals surface area contributed by atoms with Gasteiger partial charge in [0.15, 0.2) is 0 Å². The summed E-state index contributed by atoms with van der Waals surface area (Å²) >= 11 is 1.71. The van der Waals surface area contributed by atoms with Gasteiger partial charge in [-0.1, -0.05) is 12.8 Å². The molecule has 1 aromatic rings. The fourth-order valence-electron chi connectivity index (χ4n) is 4.04. The zero-order valence-corrected chi connectivity index (χ0v) is 17.9. The number of piperidine rings is 1. The topological polar surface area (TPSA) is 71.2 Å². The molecular formula is C18H32Cl2N4OS. The molecule has 2 unspecified atom stereocenters. The third-order valence-corrected chi connectivity index (χ3v) is 6.37. The van der Waals surface area contributed by atoms with Gasteiger partial charge in [-0.3, -0.25) is 9.69 Å². The van der Waals surface area contributed by atoms with E-state index in [0.29, 0.717) is 18.5 Å². The lowest BCUT2D eigenvalue weighted by Crippen LogP contribution is -2.48. The molecule has 150 valence electrons. The van der Waals surface area contributed by atoms with Crippen LogP contribution in [0.25, 0.3) is 0 Å². The van der Waals surface area contributed by atoms with Gasteiger partial charge in [0, 0.05) is 23.9 Å². The van der Waals surface area contributed by atoms with Gasteiger partial charge < -0.3 is 11.1 Å². The number of carbonyl (C=O) groups excluding carboxylic acids is 1. The SMILES string of the molecule is Cc1nc(CN2CCC(C(=O)NC3CCCCC3CN)CC2)cs1.Cl.Cl. The Hall–Kier alpha value is -0.400. The van der Waals surface area contributed by atoms with E-state index in [1.807, 2.05) is 6.92 Å². The van der Waals surface area contributed by atoms with Crippen LogP contribution < -0.4 is 11.1 Å². The number of carbonyl (C=O) groups is 1. The van der Waals surface area contributed by atoms with Gasteiger partial charge in [-0.2, -0.15) is 0 Å². The maximum atomic E-state index is 12.6. The molecule has 0 bridgehead atoms. The molecule has 3 N–H and O–H groups in total. The van der Waals surface area contributed by atoms with Crippen molar-refractivity contribution in [2.24, 2.45) is 17.6 Å². The second-order valence-electron chi connectivity index (χ2n) is 7.30. The first kappa shape index (κ1) is 23.6. The van der Waals surface area contributed by atoms with E-state index in [9.17, 15) is 4.79 Å². The van der Waals surface area contributed by atoms with Gasteiger partial charge in [-0.15, -0.1) is 36.2 Å². The summed E-state index contributed by atoms with van der Waals surface area (Å²) < 4.78 is 0. The van der Waals surface area contributed by atoms with Crippen LogP contribution in [0.3, 0.4) is 0 Å². The molecule has 26 heavy (non-hydrogen) atoms. The molecule has 3 rings (SSSR count). The number of halogens is 2. The van der Waals surface area contributed by atoms with E-state index in [1.54, 1.807) is 11.3 Å². The summed E-state index contributed by atoms with van der Waals surface area (Å²) in [6.07, 6.45) is 6.63. The number of hydrogen-bond acceptors (Lipinski definition) is 5. The molecule has 2 atom stereocenters. The lowest BCUT2D eigenvalue weighted by Gasteiger charge is -2.35. The molecule has 1 saturated heterocycles.